The molecule has 0 aromatic rings. The summed E-state index contributed by atoms with van der Waals surface area (Å²) >= 11 is 0. The van der Waals surface area contributed by atoms with E-state index >= 15 is 0 Å². The van der Waals surface area contributed by atoms with Crippen LogP contribution in [0.4, 0.5) is 4.79 Å². The summed E-state index contributed by atoms with van der Waals surface area (Å²) in [4.78, 5) is 22.4. The zero-order valence-electron chi connectivity index (χ0n) is 10.5. The summed E-state index contributed by atoms with van der Waals surface area (Å²) in [5.41, 5.74) is 0. The lowest BCUT2D eigenvalue weighted by Crippen LogP contribution is -2.32. The highest BCUT2D eigenvalue weighted by molar-refractivity contribution is 5.81. The number of hydrogen-bond acceptors (Lipinski definition) is 5. The van der Waals surface area contributed by atoms with E-state index in [0.717, 1.165) is 19.3 Å². The fourth-order valence-electron chi connectivity index (χ4n) is 2.93. The van der Waals surface area contributed by atoms with E-state index in [0.29, 0.717) is 12.5 Å². The van der Waals surface area contributed by atoms with Gasteiger partial charge in [-0.3, -0.25) is 0 Å². The van der Waals surface area contributed by atoms with Gasteiger partial charge in [0, 0.05) is 12.0 Å². The van der Waals surface area contributed by atoms with Crippen LogP contribution >= 0.6 is 0 Å². The zero-order valence-corrected chi connectivity index (χ0v) is 10.5. The largest absolute Gasteiger partial charge is 0.508 e. The minimum absolute atomic E-state index is 0.0532. The van der Waals surface area contributed by atoms with Crippen molar-refractivity contribution in [2.24, 2.45) is 11.8 Å². The van der Waals surface area contributed by atoms with Gasteiger partial charge in [-0.2, -0.15) is 0 Å². The molecule has 0 N–H and O–H groups in total. The fraction of sp³-hybridized carbons (Fsp3) is 0.692. The number of rotatable bonds is 4. The van der Waals surface area contributed by atoms with Crippen LogP contribution in [-0.4, -0.2) is 30.9 Å². The molecule has 4 atom stereocenters. The molecule has 100 valence electrons. The molecule has 2 unspecified atom stereocenters. The van der Waals surface area contributed by atoms with Crippen LogP contribution in [0.2, 0.25) is 0 Å². The second kappa shape index (κ2) is 5.42. The lowest BCUT2D eigenvalue weighted by Gasteiger charge is -2.26. The Morgan fingerprint density at radius 1 is 1.17 bits per heavy atom. The normalized spacial score (nSPS) is 32.9. The predicted molar refractivity (Wildman–Crippen MR) is 62.8 cm³/mol. The Balaban J connectivity index is 1.81. The fourth-order valence-corrected chi connectivity index (χ4v) is 2.93. The van der Waals surface area contributed by atoms with Crippen molar-refractivity contribution in [3.8, 4) is 0 Å². The summed E-state index contributed by atoms with van der Waals surface area (Å²) < 4.78 is 15.3. The Labute approximate surface area is 106 Å². The molecular formula is C13H18O5. The van der Waals surface area contributed by atoms with Crippen LogP contribution in [0, 0.1) is 11.8 Å². The Hall–Kier alpha value is -1.52. The molecule has 2 saturated carbocycles. The van der Waals surface area contributed by atoms with Gasteiger partial charge in [0.15, 0.2) is 0 Å². The van der Waals surface area contributed by atoms with E-state index in [1.807, 2.05) is 0 Å². The number of carbonyl (C=O) groups excluding carboxylic acids is 2. The van der Waals surface area contributed by atoms with Gasteiger partial charge in [-0.15, -0.1) is 0 Å². The summed E-state index contributed by atoms with van der Waals surface area (Å²) in [6.07, 6.45) is 2.88. The minimum Gasteiger partial charge on any atom is -0.459 e. The molecule has 2 aliphatic carbocycles. The van der Waals surface area contributed by atoms with Gasteiger partial charge >= 0.3 is 12.1 Å². The molecule has 2 aliphatic rings. The van der Waals surface area contributed by atoms with E-state index in [1.165, 1.54) is 6.08 Å². The molecule has 2 rings (SSSR count). The molecule has 0 spiro atoms. The monoisotopic (exact) mass is 254 g/mol. The van der Waals surface area contributed by atoms with Crippen LogP contribution < -0.4 is 0 Å². The summed E-state index contributed by atoms with van der Waals surface area (Å²) in [6.45, 7) is 5.44. The molecule has 2 fully saturated rings. The quantitative estimate of drug-likeness (QED) is 0.567. The SMILES string of the molecule is C=CC(=O)OC1C[C@H]2C[C@@H]1CC2OC(=O)OCC. The van der Waals surface area contributed by atoms with Crippen LogP contribution in [0.1, 0.15) is 26.2 Å². The smallest absolute Gasteiger partial charge is 0.459 e. The first kappa shape index (κ1) is 12.9. The van der Waals surface area contributed by atoms with E-state index in [2.05, 4.69) is 6.58 Å². The highest BCUT2D eigenvalue weighted by Gasteiger charge is 2.49. The lowest BCUT2D eigenvalue weighted by atomic mass is 9.95. The second-order valence-corrected chi connectivity index (χ2v) is 4.75. The molecule has 18 heavy (non-hydrogen) atoms. The van der Waals surface area contributed by atoms with Crippen molar-refractivity contribution in [2.75, 3.05) is 6.61 Å². The average molecular weight is 254 g/mol. The van der Waals surface area contributed by atoms with Gasteiger partial charge < -0.3 is 14.2 Å². The molecule has 2 bridgehead atoms. The van der Waals surface area contributed by atoms with Gasteiger partial charge in [0.2, 0.25) is 0 Å². The molecule has 5 nitrogen and oxygen atoms in total. The molecule has 0 radical (unpaired) electrons. The number of carbonyl (C=O) groups is 2. The van der Waals surface area contributed by atoms with Gasteiger partial charge in [0.1, 0.15) is 12.2 Å². The Bertz CT molecular complexity index is 351. The molecule has 0 aromatic heterocycles. The Morgan fingerprint density at radius 3 is 2.28 bits per heavy atom. The topological polar surface area (TPSA) is 61.8 Å². The van der Waals surface area contributed by atoms with Gasteiger partial charge in [0.05, 0.1) is 6.61 Å². The number of esters is 1. The van der Waals surface area contributed by atoms with Crippen molar-refractivity contribution in [1.29, 1.82) is 0 Å². The van der Waals surface area contributed by atoms with Gasteiger partial charge in [-0.1, -0.05) is 6.58 Å². The maximum atomic E-state index is 11.2. The number of fused-ring (bicyclic) bond motifs is 2. The van der Waals surface area contributed by atoms with E-state index in [4.69, 9.17) is 14.2 Å². The van der Waals surface area contributed by atoms with Crippen molar-refractivity contribution in [1.82, 2.24) is 0 Å². The van der Waals surface area contributed by atoms with Gasteiger partial charge in [-0.25, -0.2) is 9.59 Å². The number of hydrogen-bond donors (Lipinski definition) is 0. The molecular weight excluding hydrogens is 236 g/mol. The second-order valence-electron chi connectivity index (χ2n) is 4.75. The highest BCUT2D eigenvalue weighted by atomic mass is 16.7. The average Bonchev–Trinajstić information content (AvgIpc) is 2.88. The zero-order chi connectivity index (χ0) is 13.1. The van der Waals surface area contributed by atoms with E-state index < -0.39 is 6.16 Å². The Morgan fingerprint density at radius 2 is 1.78 bits per heavy atom. The molecule has 0 amide bonds. The highest BCUT2D eigenvalue weighted by Crippen LogP contribution is 2.47. The van der Waals surface area contributed by atoms with E-state index in [9.17, 15) is 9.59 Å². The maximum Gasteiger partial charge on any atom is 0.508 e. The third-order valence-electron chi connectivity index (χ3n) is 3.67. The standard InChI is InChI=1S/C13H18O5/c1-3-12(14)17-10-6-9-5-8(10)7-11(9)18-13(15)16-4-2/h3,8-11H,1,4-7H2,2H3/t8-,9-,10?,11?/m1/s1. The van der Waals surface area contributed by atoms with E-state index in [-0.39, 0.29) is 24.1 Å². The summed E-state index contributed by atoms with van der Waals surface area (Å²) in [5.74, 6) is 0.191. The first-order chi connectivity index (χ1) is 8.63. The number of ether oxygens (including phenoxy) is 3. The molecule has 0 heterocycles. The first-order valence-corrected chi connectivity index (χ1v) is 6.30. The molecule has 5 heteroatoms. The Kier molecular flexibility index (Phi) is 3.89. The van der Waals surface area contributed by atoms with Crippen LogP contribution in [-0.2, 0) is 19.0 Å². The van der Waals surface area contributed by atoms with Crippen LogP contribution in [0.25, 0.3) is 0 Å². The first-order valence-electron chi connectivity index (χ1n) is 6.30. The predicted octanol–water partition coefficient (Wildman–Crippen LogP) is 2.06. The third kappa shape index (κ3) is 2.66. The van der Waals surface area contributed by atoms with Crippen LogP contribution in [0.5, 0.6) is 0 Å². The molecule has 0 aliphatic heterocycles. The lowest BCUT2D eigenvalue weighted by molar-refractivity contribution is -0.146. The van der Waals surface area contributed by atoms with Crippen molar-refractivity contribution >= 4 is 12.1 Å². The van der Waals surface area contributed by atoms with Crippen molar-refractivity contribution in [2.45, 2.75) is 38.4 Å². The van der Waals surface area contributed by atoms with Crippen LogP contribution in [0.15, 0.2) is 12.7 Å². The van der Waals surface area contributed by atoms with Crippen LogP contribution in [0.3, 0.4) is 0 Å². The molecule has 0 saturated heterocycles. The summed E-state index contributed by atoms with van der Waals surface area (Å²) in [6, 6.07) is 0. The van der Waals surface area contributed by atoms with Crippen molar-refractivity contribution in [3.05, 3.63) is 12.7 Å². The van der Waals surface area contributed by atoms with E-state index in [1.54, 1.807) is 6.92 Å². The van der Waals surface area contributed by atoms with Gasteiger partial charge in [-0.05, 0) is 32.1 Å². The summed E-state index contributed by atoms with van der Waals surface area (Å²) in [7, 11) is 0. The minimum atomic E-state index is -0.602. The van der Waals surface area contributed by atoms with Crippen molar-refractivity contribution < 1.29 is 23.8 Å². The van der Waals surface area contributed by atoms with Crippen molar-refractivity contribution in [3.63, 3.8) is 0 Å². The van der Waals surface area contributed by atoms with Gasteiger partial charge in [0.25, 0.3) is 0 Å². The summed E-state index contributed by atoms with van der Waals surface area (Å²) in [5, 5.41) is 0. The maximum absolute atomic E-state index is 11.2. The third-order valence-corrected chi connectivity index (χ3v) is 3.67. The molecule has 0 aromatic carbocycles.